The van der Waals surface area contributed by atoms with Gasteiger partial charge in [0.25, 0.3) is 5.91 Å². The number of methoxy groups -OCH3 is 1. The van der Waals surface area contributed by atoms with Crippen LogP contribution in [0.5, 0.6) is 23.0 Å². The summed E-state index contributed by atoms with van der Waals surface area (Å²) >= 11 is 0. The molecule has 0 aliphatic carbocycles. The maximum Gasteiger partial charge on any atom is 0.271 e. The Hall–Kier alpha value is -4.44. The Morgan fingerprint density at radius 1 is 0.971 bits per heavy atom. The molecule has 0 saturated heterocycles. The van der Waals surface area contributed by atoms with Gasteiger partial charge < -0.3 is 18.9 Å². The van der Waals surface area contributed by atoms with Crippen molar-refractivity contribution in [2.24, 2.45) is 5.10 Å². The first-order chi connectivity index (χ1) is 16.6. The molecule has 0 atom stereocenters. The molecular weight excluding hydrogens is 432 g/mol. The zero-order valence-electron chi connectivity index (χ0n) is 19.1. The van der Waals surface area contributed by atoms with E-state index in [1.54, 1.807) is 36.4 Å². The monoisotopic (exact) mass is 458 g/mol. The molecule has 0 aliphatic rings. The number of terminal acetylenes is 1. The molecule has 0 unspecified atom stereocenters. The van der Waals surface area contributed by atoms with Gasteiger partial charge >= 0.3 is 0 Å². The van der Waals surface area contributed by atoms with Crippen molar-refractivity contribution in [2.45, 2.75) is 13.5 Å². The van der Waals surface area contributed by atoms with Crippen molar-refractivity contribution >= 4 is 12.1 Å². The largest absolute Gasteiger partial charge is 0.493 e. The van der Waals surface area contributed by atoms with Crippen LogP contribution in [0, 0.1) is 12.3 Å². The highest BCUT2D eigenvalue weighted by Gasteiger charge is 2.11. The molecule has 0 radical (unpaired) electrons. The van der Waals surface area contributed by atoms with Crippen LogP contribution in [0.4, 0.5) is 0 Å². The molecule has 0 fully saturated rings. The predicted molar refractivity (Wildman–Crippen MR) is 131 cm³/mol. The van der Waals surface area contributed by atoms with Crippen molar-refractivity contribution in [1.29, 1.82) is 0 Å². The van der Waals surface area contributed by atoms with Crippen molar-refractivity contribution in [2.75, 3.05) is 20.3 Å². The Balaban J connectivity index is 1.63. The van der Waals surface area contributed by atoms with Gasteiger partial charge in [0.05, 0.1) is 19.9 Å². The van der Waals surface area contributed by atoms with E-state index >= 15 is 0 Å². The third kappa shape index (κ3) is 6.78. The van der Waals surface area contributed by atoms with E-state index in [0.717, 1.165) is 11.1 Å². The molecule has 0 heterocycles. The predicted octanol–water partition coefficient (Wildman–Crippen LogP) is 4.45. The highest BCUT2D eigenvalue weighted by molar-refractivity contribution is 5.95. The minimum Gasteiger partial charge on any atom is -0.493 e. The molecule has 1 amide bonds. The SMILES string of the molecule is C#CCOc1ccc(/C=N/NC(=O)c2ccc(OCc3ccccc3)c(OC)c2)cc1OCC. The second-order valence-electron chi connectivity index (χ2n) is 6.97. The molecule has 3 rings (SSSR count). The fourth-order valence-corrected chi connectivity index (χ4v) is 3.01. The molecule has 0 spiro atoms. The molecule has 7 nitrogen and oxygen atoms in total. The minimum atomic E-state index is -0.386. The summed E-state index contributed by atoms with van der Waals surface area (Å²) in [5, 5.41) is 4.04. The lowest BCUT2D eigenvalue weighted by Gasteiger charge is -2.12. The molecule has 174 valence electrons. The molecular formula is C27H26N2O5. The summed E-state index contributed by atoms with van der Waals surface area (Å²) in [6.07, 6.45) is 6.76. The van der Waals surface area contributed by atoms with Gasteiger partial charge in [0, 0.05) is 5.56 Å². The molecule has 0 aromatic heterocycles. The second kappa shape index (κ2) is 12.6. The van der Waals surface area contributed by atoms with Crippen LogP contribution in [0.25, 0.3) is 0 Å². The van der Waals surface area contributed by atoms with Crippen molar-refractivity contribution < 1.29 is 23.7 Å². The van der Waals surface area contributed by atoms with Gasteiger partial charge in [-0.2, -0.15) is 5.10 Å². The summed E-state index contributed by atoms with van der Waals surface area (Å²) in [5.41, 5.74) is 4.65. The molecule has 7 heteroatoms. The standard InChI is InChI=1S/C27H26N2O5/c1-4-15-33-24-13-11-21(16-26(24)32-5-2)18-28-29-27(30)22-12-14-23(25(17-22)31-3)34-19-20-9-7-6-8-10-20/h1,6-14,16-18H,5,15,19H2,2-3H3,(H,29,30)/b28-18+. The summed E-state index contributed by atoms with van der Waals surface area (Å²) < 4.78 is 22.3. The quantitative estimate of drug-likeness (QED) is 0.261. The zero-order valence-corrected chi connectivity index (χ0v) is 19.1. The Labute approximate surface area is 199 Å². The maximum absolute atomic E-state index is 12.6. The third-order valence-electron chi connectivity index (χ3n) is 4.62. The highest BCUT2D eigenvalue weighted by atomic mass is 16.5. The lowest BCUT2D eigenvalue weighted by molar-refractivity contribution is 0.0954. The smallest absolute Gasteiger partial charge is 0.271 e. The van der Waals surface area contributed by atoms with Crippen LogP contribution >= 0.6 is 0 Å². The first-order valence-electron chi connectivity index (χ1n) is 10.7. The number of carbonyl (C=O) groups is 1. The normalized spacial score (nSPS) is 10.4. The number of hydrogen-bond donors (Lipinski definition) is 1. The molecule has 3 aromatic rings. The van der Waals surface area contributed by atoms with Gasteiger partial charge in [-0.25, -0.2) is 5.43 Å². The number of ether oxygens (including phenoxy) is 4. The number of benzene rings is 3. The molecule has 0 saturated carbocycles. The van der Waals surface area contributed by atoms with E-state index in [2.05, 4.69) is 16.4 Å². The zero-order chi connectivity index (χ0) is 24.2. The van der Waals surface area contributed by atoms with Crippen LogP contribution in [0.15, 0.2) is 71.8 Å². The van der Waals surface area contributed by atoms with Gasteiger partial charge in [0.15, 0.2) is 23.0 Å². The van der Waals surface area contributed by atoms with E-state index in [-0.39, 0.29) is 12.5 Å². The average Bonchev–Trinajstić information content (AvgIpc) is 2.87. The van der Waals surface area contributed by atoms with Gasteiger partial charge in [-0.1, -0.05) is 36.3 Å². The summed E-state index contributed by atoms with van der Waals surface area (Å²) in [6.45, 7) is 2.88. The fourth-order valence-electron chi connectivity index (χ4n) is 3.01. The Morgan fingerprint density at radius 2 is 1.74 bits per heavy atom. The first kappa shape index (κ1) is 24.2. The van der Waals surface area contributed by atoms with Crippen LogP contribution in [0.1, 0.15) is 28.4 Å². The number of hydrogen-bond acceptors (Lipinski definition) is 6. The lowest BCUT2D eigenvalue weighted by Crippen LogP contribution is -2.17. The van der Waals surface area contributed by atoms with E-state index in [0.29, 0.717) is 41.8 Å². The molecule has 1 N–H and O–H groups in total. The Kier molecular flexibility index (Phi) is 8.94. The average molecular weight is 459 g/mol. The van der Waals surface area contributed by atoms with Gasteiger partial charge in [-0.3, -0.25) is 4.79 Å². The number of nitrogens with zero attached hydrogens (tertiary/aromatic N) is 1. The van der Waals surface area contributed by atoms with Gasteiger partial charge in [0.1, 0.15) is 13.2 Å². The number of hydrazone groups is 1. The van der Waals surface area contributed by atoms with E-state index in [9.17, 15) is 4.79 Å². The van der Waals surface area contributed by atoms with Crippen molar-refractivity contribution in [3.8, 4) is 35.3 Å². The summed E-state index contributed by atoms with van der Waals surface area (Å²) in [4.78, 5) is 12.6. The summed E-state index contributed by atoms with van der Waals surface area (Å²) in [5.74, 6) is 4.12. The maximum atomic E-state index is 12.6. The van der Waals surface area contributed by atoms with Gasteiger partial charge in [0.2, 0.25) is 0 Å². The number of nitrogens with one attached hydrogen (secondary N) is 1. The van der Waals surface area contributed by atoms with Crippen LogP contribution in [0.3, 0.4) is 0 Å². The van der Waals surface area contributed by atoms with Gasteiger partial charge in [-0.05, 0) is 54.4 Å². The van der Waals surface area contributed by atoms with E-state index in [1.807, 2.05) is 37.3 Å². The van der Waals surface area contributed by atoms with Crippen molar-refractivity contribution in [3.05, 3.63) is 83.4 Å². The first-order valence-corrected chi connectivity index (χ1v) is 10.7. The van der Waals surface area contributed by atoms with Crippen LogP contribution in [-0.2, 0) is 6.61 Å². The number of amides is 1. The third-order valence-corrected chi connectivity index (χ3v) is 4.62. The van der Waals surface area contributed by atoms with E-state index in [1.165, 1.54) is 13.3 Å². The van der Waals surface area contributed by atoms with Crippen molar-refractivity contribution in [3.63, 3.8) is 0 Å². The fraction of sp³-hybridized carbons (Fsp3) is 0.185. The molecule has 0 bridgehead atoms. The summed E-state index contributed by atoms with van der Waals surface area (Å²) in [6, 6.07) is 20.0. The lowest BCUT2D eigenvalue weighted by atomic mass is 10.2. The Bertz CT molecular complexity index is 1170. The number of carbonyl (C=O) groups excluding carboxylic acids is 1. The highest BCUT2D eigenvalue weighted by Crippen LogP contribution is 2.29. The molecule has 34 heavy (non-hydrogen) atoms. The van der Waals surface area contributed by atoms with E-state index in [4.69, 9.17) is 25.4 Å². The van der Waals surface area contributed by atoms with Crippen LogP contribution in [0.2, 0.25) is 0 Å². The van der Waals surface area contributed by atoms with Crippen molar-refractivity contribution in [1.82, 2.24) is 5.43 Å². The second-order valence-corrected chi connectivity index (χ2v) is 6.97. The summed E-state index contributed by atoms with van der Waals surface area (Å²) in [7, 11) is 1.53. The van der Waals surface area contributed by atoms with Gasteiger partial charge in [-0.15, -0.1) is 6.42 Å². The topological polar surface area (TPSA) is 78.4 Å². The van der Waals surface area contributed by atoms with E-state index < -0.39 is 0 Å². The van der Waals surface area contributed by atoms with Crippen LogP contribution < -0.4 is 24.4 Å². The Morgan fingerprint density at radius 3 is 2.47 bits per heavy atom. The van der Waals surface area contributed by atoms with Crippen LogP contribution in [-0.4, -0.2) is 32.4 Å². The minimum absolute atomic E-state index is 0.142. The number of rotatable bonds is 11. The molecule has 3 aromatic carbocycles. The molecule has 0 aliphatic heterocycles.